The summed E-state index contributed by atoms with van der Waals surface area (Å²) in [5, 5.41) is 7.58. The number of benzene rings is 2. The number of nitrogens with zero attached hydrogens (tertiary/aromatic N) is 4. The van der Waals surface area contributed by atoms with Crippen LogP contribution in [0.4, 0.5) is 10.1 Å². The van der Waals surface area contributed by atoms with Crippen molar-refractivity contribution in [3.63, 3.8) is 0 Å². The maximum absolute atomic E-state index is 13.4. The molecule has 0 unspecified atom stereocenters. The second-order valence-corrected chi connectivity index (χ2v) is 8.47. The summed E-state index contributed by atoms with van der Waals surface area (Å²) in [6.07, 6.45) is 0.649. The molecule has 1 amide bonds. The molecule has 4 aromatic rings. The molecule has 0 atom stereocenters. The summed E-state index contributed by atoms with van der Waals surface area (Å²) in [6.45, 7) is 4.73. The van der Waals surface area contributed by atoms with E-state index in [-0.39, 0.29) is 17.2 Å². The monoisotopic (exact) mass is 465 g/mol. The summed E-state index contributed by atoms with van der Waals surface area (Å²) < 4.78 is 16.7. The third kappa shape index (κ3) is 5.14. The van der Waals surface area contributed by atoms with Gasteiger partial charge in [-0.15, -0.1) is 0 Å². The molecule has 0 saturated carbocycles. The van der Waals surface area contributed by atoms with Gasteiger partial charge in [0.2, 0.25) is 5.91 Å². The number of aryl methyl sites for hydroxylation is 3. The summed E-state index contributed by atoms with van der Waals surface area (Å²) in [7, 11) is 0. The number of rotatable bonds is 8. The molecule has 4 rings (SSSR count). The average Bonchev–Trinajstić information content (AvgIpc) is 3.13. The zero-order chi connectivity index (χ0) is 23.4. The summed E-state index contributed by atoms with van der Waals surface area (Å²) in [5.41, 5.74) is 2.99. The molecule has 0 aliphatic rings. The number of thioether (sulfide) groups is 1. The number of anilines is 1. The Morgan fingerprint density at radius 3 is 2.67 bits per heavy atom. The van der Waals surface area contributed by atoms with Crippen molar-refractivity contribution < 1.29 is 9.18 Å². The van der Waals surface area contributed by atoms with Gasteiger partial charge in [-0.1, -0.05) is 48.2 Å². The second kappa shape index (κ2) is 9.99. The van der Waals surface area contributed by atoms with Crippen molar-refractivity contribution in [3.8, 4) is 0 Å². The average molecular weight is 466 g/mol. The lowest BCUT2D eigenvalue weighted by Gasteiger charge is -2.13. The van der Waals surface area contributed by atoms with Gasteiger partial charge in [-0.3, -0.25) is 18.8 Å². The van der Waals surface area contributed by atoms with E-state index in [0.29, 0.717) is 47.1 Å². The highest BCUT2D eigenvalue weighted by Crippen LogP contribution is 2.21. The van der Waals surface area contributed by atoms with Gasteiger partial charge in [-0.2, -0.15) is 5.10 Å². The van der Waals surface area contributed by atoms with Crippen molar-refractivity contribution in [2.75, 3.05) is 11.1 Å². The number of carbonyl (C=O) groups excluding carboxylic acids is 1. The summed E-state index contributed by atoms with van der Waals surface area (Å²) in [5.74, 6) is -0.706. The van der Waals surface area contributed by atoms with E-state index >= 15 is 0 Å². The number of hydrogen-bond donors (Lipinski definition) is 1. The molecule has 0 aliphatic heterocycles. The molecule has 33 heavy (non-hydrogen) atoms. The van der Waals surface area contributed by atoms with E-state index < -0.39 is 5.82 Å². The minimum Gasteiger partial charge on any atom is -0.325 e. The molecule has 170 valence electrons. The number of halogens is 1. The van der Waals surface area contributed by atoms with Crippen molar-refractivity contribution in [3.05, 3.63) is 82.0 Å². The standard InChI is InChI=1S/C24H24FN5O2S/c1-3-30-22-21(16(2)28-30)27-24(29(23(22)32)13-12-17-8-5-4-6-9-17)33-15-20(31)26-19-11-7-10-18(25)14-19/h4-11,14H,3,12-13,15H2,1-2H3,(H,26,31). The fourth-order valence-electron chi connectivity index (χ4n) is 3.60. The fourth-order valence-corrected chi connectivity index (χ4v) is 4.42. The van der Waals surface area contributed by atoms with Crippen molar-refractivity contribution in [2.45, 2.75) is 38.5 Å². The van der Waals surface area contributed by atoms with Crippen molar-refractivity contribution >= 4 is 34.4 Å². The smallest absolute Gasteiger partial charge is 0.280 e. The normalized spacial score (nSPS) is 11.1. The van der Waals surface area contributed by atoms with Crippen molar-refractivity contribution in [2.24, 2.45) is 0 Å². The lowest BCUT2D eigenvalue weighted by atomic mass is 10.1. The first-order valence-electron chi connectivity index (χ1n) is 10.7. The van der Waals surface area contributed by atoms with E-state index in [1.165, 1.54) is 30.0 Å². The van der Waals surface area contributed by atoms with E-state index in [2.05, 4.69) is 10.4 Å². The highest BCUT2D eigenvalue weighted by Gasteiger charge is 2.19. The van der Waals surface area contributed by atoms with E-state index in [1.807, 2.05) is 44.2 Å². The Morgan fingerprint density at radius 2 is 1.94 bits per heavy atom. The number of nitrogens with one attached hydrogen (secondary N) is 1. The van der Waals surface area contributed by atoms with Crippen LogP contribution in [0, 0.1) is 12.7 Å². The molecular weight excluding hydrogens is 441 g/mol. The third-order valence-corrected chi connectivity index (χ3v) is 6.17. The van der Waals surface area contributed by atoms with Crippen molar-refractivity contribution in [1.29, 1.82) is 0 Å². The molecule has 0 radical (unpaired) electrons. The molecule has 2 heterocycles. The fraction of sp³-hybridized carbons (Fsp3) is 0.250. The van der Waals surface area contributed by atoms with Crippen LogP contribution < -0.4 is 10.9 Å². The summed E-state index contributed by atoms with van der Waals surface area (Å²) in [4.78, 5) is 30.6. The first-order chi connectivity index (χ1) is 16.0. The van der Waals surface area contributed by atoms with Crippen LogP contribution in [0.1, 0.15) is 18.2 Å². The van der Waals surface area contributed by atoms with Crippen LogP contribution >= 0.6 is 11.8 Å². The molecule has 0 aliphatic carbocycles. The largest absolute Gasteiger partial charge is 0.325 e. The van der Waals surface area contributed by atoms with Crippen LogP contribution in [0.3, 0.4) is 0 Å². The molecule has 0 fully saturated rings. The molecule has 7 nitrogen and oxygen atoms in total. The van der Waals surface area contributed by atoms with Crippen LogP contribution in [0.15, 0.2) is 64.5 Å². The highest BCUT2D eigenvalue weighted by atomic mass is 32.2. The van der Waals surface area contributed by atoms with Crippen LogP contribution in [0.5, 0.6) is 0 Å². The Morgan fingerprint density at radius 1 is 1.15 bits per heavy atom. The van der Waals surface area contributed by atoms with Gasteiger partial charge in [-0.05, 0) is 44.0 Å². The SMILES string of the molecule is CCn1nc(C)c2nc(SCC(=O)Nc3cccc(F)c3)n(CCc3ccccc3)c(=O)c21. The Bertz CT molecular complexity index is 1350. The molecule has 0 bridgehead atoms. The molecule has 2 aromatic heterocycles. The van der Waals surface area contributed by atoms with Crippen LogP contribution in [0.2, 0.25) is 0 Å². The summed E-state index contributed by atoms with van der Waals surface area (Å²) >= 11 is 1.18. The van der Waals surface area contributed by atoms with Gasteiger partial charge < -0.3 is 5.32 Å². The number of fused-ring (bicyclic) bond motifs is 1. The minimum atomic E-state index is -0.425. The third-order valence-electron chi connectivity index (χ3n) is 5.19. The van der Waals surface area contributed by atoms with Crippen molar-refractivity contribution in [1.82, 2.24) is 19.3 Å². The van der Waals surface area contributed by atoms with Gasteiger partial charge in [0, 0.05) is 18.8 Å². The maximum Gasteiger partial charge on any atom is 0.280 e. The van der Waals surface area contributed by atoms with Gasteiger partial charge >= 0.3 is 0 Å². The van der Waals surface area contributed by atoms with Gasteiger partial charge in [-0.25, -0.2) is 9.37 Å². The first-order valence-corrected chi connectivity index (χ1v) is 11.6. The molecule has 0 spiro atoms. The Labute approximate surface area is 194 Å². The van der Waals surface area contributed by atoms with Crippen LogP contribution in [-0.4, -0.2) is 31.0 Å². The number of hydrogen-bond acceptors (Lipinski definition) is 5. The van der Waals surface area contributed by atoms with E-state index in [4.69, 9.17) is 4.98 Å². The predicted molar refractivity (Wildman–Crippen MR) is 128 cm³/mol. The van der Waals surface area contributed by atoms with E-state index in [9.17, 15) is 14.0 Å². The molecule has 0 saturated heterocycles. The number of aromatic nitrogens is 4. The molecule has 1 N–H and O–H groups in total. The Balaban J connectivity index is 1.62. The summed E-state index contributed by atoms with van der Waals surface area (Å²) in [6, 6.07) is 15.6. The lowest BCUT2D eigenvalue weighted by molar-refractivity contribution is -0.113. The van der Waals surface area contributed by atoms with Crippen LogP contribution in [0.25, 0.3) is 11.0 Å². The maximum atomic E-state index is 13.4. The predicted octanol–water partition coefficient (Wildman–Crippen LogP) is 4.03. The first kappa shape index (κ1) is 22.7. The highest BCUT2D eigenvalue weighted by molar-refractivity contribution is 7.99. The van der Waals surface area contributed by atoms with Crippen LogP contribution in [-0.2, 0) is 24.3 Å². The molecule has 9 heteroatoms. The lowest BCUT2D eigenvalue weighted by Crippen LogP contribution is -2.26. The Hall–Kier alpha value is -3.46. The minimum absolute atomic E-state index is 0.0285. The molecular formula is C24H24FN5O2S. The topological polar surface area (TPSA) is 81.8 Å². The number of amides is 1. The quantitative estimate of drug-likeness (QED) is 0.314. The Kier molecular flexibility index (Phi) is 6.88. The van der Waals surface area contributed by atoms with Gasteiger partial charge in [0.25, 0.3) is 5.56 Å². The zero-order valence-corrected chi connectivity index (χ0v) is 19.2. The zero-order valence-electron chi connectivity index (χ0n) is 18.4. The van der Waals surface area contributed by atoms with Gasteiger partial charge in [0.1, 0.15) is 11.3 Å². The number of carbonyl (C=O) groups is 1. The van der Waals surface area contributed by atoms with Gasteiger partial charge in [0.15, 0.2) is 10.7 Å². The molecule has 2 aromatic carbocycles. The van der Waals surface area contributed by atoms with E-state index in [0.717, 1.165) is 5.56 Å². The van der Waals surface area contributed by atoms with Gasteiger partial charge in [0.05, 0.1) is 11.4 Å². The second-order valence-electron chi connectivity index (χ2n) is 7.53. The van der Waals surface area contributed by atoms with E-state index in [1.54, 1.807) is 15.3 Å².